The van der Waals surface area contributed by atoms with Crippen molar-refractivity contribution in [3.63, 3.8) is 0 Å². The average Bonchev–Trinajstić information content (AvgIpc) is 2.07. The Bertz CT molecular complexity index is 198. The molecule has 0 radical (unpaired) electrons. The zero-order valence-electron chi connectivity index (χ0n) is 7.79. The van der Waals surface area contributed by atoms with Gasteiger partial charge in [-0.2, -0.15) is 0 Å². The molecule has 0 saturated heterocycles. The Morgan fingerprint density at radius 2 is 1.83 bits per heavy atom. The third-order valence-electron chi connectivity index (χ3n) is 2.09. The highest BCUT2D eigenvalue weighted by atomic mass is 27.0. The maximum absolute atomic E-state index is 2.26. The lowest BCUT2D eigenvalue weighted by Crippen LogP contribution is -1.96. The zero-order valence-corrected chi connectivity index (χ0v) is 9.79. The van der Waals surface area contributed by atoms with Crippen molar-refractivity contribution in [1.82, 2.24) is 0 Å². The van der Waals surface area contributed by atoms with Gasteiger partial charge in [-0.3, -0.25) is 4.70 Å². The van der Waals surface area contributed by atoms with Crippen molar-refractivity contribution in [2.75, 3.05) is 0 Å². The Labute approximate surface area is 81.8 Å². The SMILES string of the molecule is CCC[CH]([AlH2])c1ccccc1.F. The van der Waals surface area contributed by atoms with Crippen LogP contribution >= 0.6 is 0 Å². The fourth-order valence-electron chi connectivity index (χ4n) is 1.38. The van der Waals surface area contributed by atoms with Crippen molar-refractivity contribution in [2.45, 2.75) is 24.5 Å². The molecule has 0 saturated carbocycles. The second-order valence-electron chi connectivity index (χ2n) is 3.10. The Morgan fingerprint density at radius 3 is 2.33 bits per heavy atom. The molecule has 1 rings (SSSR count). The Morgan fingerprint density at radius 1 is 1.25 bits per heavy atom. The predicted octanol–water partition coefficient (Wildman–Crippen LogP) is 2.31. The van der Waals surface area contributed by atoms with Crippen LogP contribution in [0.2, 0.25) is 0 Å². The molecule has 0 aliphatic heterocycles. The first-order valence-corrected chi connectivity index (χ1v) is 5.55. The number of halogens is 1. The van der Waals surface area contributed by atoms with Gasteiger partial charge in [0.1, 0.15) is 0 Å². The molecule has 0 aliphatic carbocycles. The van der Waals surface area contributed by atoms with Gasteiger partial charge >= 0.3 is 0 Å². The van der Waals surface area contributed by atoms with Crippen molar-refractivity contribution in [3.05, 3.63) is 35.9 Å². The molecule has 66 valence electrons. The molecule has 0 spiro atoms. The monoisotopic (exact) mass is 182 g/mol. The van der Waals surface area contributed by atoms with E-state index in [1.165, 1.54) is 34.7 Å². The van der Waals surface area contributed by atoms with Crippen LogP contribution in [-0.4, -0.2) is 16.3 Å². The van der Waals surface area contributed by atoms with Crippen molar-refractivity contribution in [3.8, 4) is 0 Å². The van der Waals surface area contributed by atoms with Gasteiger partial charge in [0, 0.05) is 0 Å². The van der Waals surface area contributed by atoms with Crippen LogP contribution in [-0.2, 0) is 0 Å². The molecule has 1 aromatic rings. The average molecular weight is 182 g/mol. The van der Waals surface area contributed by atoms with Crippen molar-refractivity contribution >= 4 is 16.3 Å². The molecule has 0 amide bonds. The fourth-order valence-corrected chi connectivity index (χ4v) is 2.34. The molecule has 1 atom stereocenters. The third-order valence-corrected chi connectivity index (χ3v) is 3.33. The van der Waals surface area contributed by atoms with Crippen LogP contribution in [0.4, 0.5) is 4.70 Å². The minimum atomic E-state index is 0. The molecule has 0 bridgehead atoms. The number of benzene rings is 1. The van der Waals surface area contributed by atoms with Gasteiger partial charge in [0.2, 0.25) is 16.3 Å². The van der Waals surface area contributed by atoms with Crippen LogP contribution in [0.15, 0.2) is 30.3 Å². The smallest absolute Gasteiger partial charge is 0.223 e. The highest BCUT2D eigenvalue weighted by molar-refractivity contribution is 6.12. The summed E-state index contributed by atoms with van der Waals surface area (Å²) in [4.78, 5) is 0. The summed E-state index contributed by atoms with van der Waals surface area (Å²) >= 11 is 1.29. The Hall–Kier alpha value is -0.318. The molecule has 12 heavy (non-hydrogen) atoms. The second-order valence-corrected chi connectivity index (χ2v) is 4.49. The van der Waals surface area contributed by atoms with E-state index in [1.807, 2.05) is 0 Å². The minimum Gasteiger partial charge on any atom is -0.269 e. The molecule has 0 fully saturated rings. The van der Waals surface area contributed by atoms with Gasteiger partial charge in [-0.1, -0.05) is 60.4 Å². The summed E-state index contributed by atoms with van der Waals surface area (Å²) in [6, 6.07) is 10.8. The molecule has 1 unspecified atom stereocenters. The molecule has 0 heterocycles. The van der Waals surface area contributed by atoms with E-state index >= 15 is 0 Å². The highest BCUT2D eigenvalue weighted by Gasteiger charge is 2.01. The van der Waals surface area contributed by atoms with E-state index in [-0.39, 0.29) is 4.70 Å². The van der Waals surface area contributed by atoms with Gasteiger partial charge in [0.15, 0.2) is 0 Å². The maximum Gasteiger partial charge on any atom is 0.223 e. The van der Waals surface area contributed by atoms with E-state index < -0.39 is 0 Å². The third kappa shape index (κ3) is 3.39. The summed E-state index contributed by atoms with van der Waals surface area (Å²) in [6.45, 7) is 2.26. The lowest BCUT2D eigenvalue weighted by Gasteiger charge is -2.09. The molecule has 0 nitrogen and oxygen atoms in total. The van der Waals surface area contributed by atoms with Gasteiger partial charge in [0.05, 0.1) is 0 Å². The topological polar surface area (TPSA) is 0 Å². The Balaban J connectivity index is 0.00000121. The predicted molar refractivity (Wildman–Crippen MR) is 55.1 cm³/mol. The van der Waals surface area contributed by atoms with Crippen LogP contribution in [0.25, 0.3) is 0 Å². The van der Waals surface area contributed by atoms with Crippen LogP contribution < -0.4 is 0 Å². The van der Waals surface area contributed by atoms with E-state index in [9.17, 15) is 0 Å². The van der Waals surface area contributed by atoms with Crippen LogP contribution in [0, 0.1) is 0 Å². The maximum atomic E-state index is 2.26. The molecule has 0 N–H and O–H groups in total. The normalized spacial score (nSPS) is 11.8. The highest BCUT2D eigenvalue weighted by Crippen LogP contribution is 2.16. The molecular weight excluding hydrogens is 166 g/mol. The standard InChI is InChI=1S/C10H13.Al.FH.2H/c1-2-3-7-10-8-5-4-6-9-10;;;;/h4-9H,2-3H2,1H3;;1H;;. The van der Waals surface area contributed by atoms with E-state index in [0.717, 1.165) is 4.78 Å². The lowest BCUT2D eigenvalue weighted by molar-refractivity contribution is 0.769. The molecule has 0 aliphatic rings. The molecule has 2 heteroatoms. The van der Waals surface area contributed by atoms with E-state index in [2.05, 4.69) is 37.3 Å². The summed E-state index contributed by atoms with van der Waals surface area (Å²) < 4.78 is 0.862. The quantitative estimate of drug-likeness (QED) is 0.629. The lowest BCUT2D eigenvalue weighted by atomic mass is 10.1. The zero-order chi connectivity index (χ0) is 8.10. The van der Waals surface area contributed by atoms with Crippen LogP contribution in [0.1, 0.15) is 30.1 Å². The Kier molecular flexibility index (Phi) is 6.06. The van der Waals surface area contributed by atoms with Crippen LogP contribution in [0.5, 0.6) is 0 Å². The van der Waals surface area contributed by atoms with Crippen molar-refractivity contribution in [1.29, 1.82) is 0 Å². The molecule has 1 aromatic carbocycles. The van der Waals surface area contributed by atoms with Crippen LogP contribution in [0.3, 0.4) is 0 Å². The first-order valence-electron chi connectivity index (χ1n) is 4.39. The van der Waals surface area contributed by atoms with Crippen molar-refractivity contribution < 1.29 is 4.70 Å². The summed E-state index contributed by atoms with van der Waals surface area (Å²) in [6.07, 6.45) is 2.67. The van der Waals surface area contributed by atoms with Gasteiger partial charge in [-0.15, -0.1) is 0 Å². The summed E-state index contributed by atoms with van der Waals surface area (Å²) in [5.74, 6) is 0. The number of hydrogen-bond donors (Lipinski definition) is 0. The van der Waals surface area contributed by atoms with Gasteiger partial charge in [-0.05, 0) is 0 Å². The summed E-state index contributed by atoms with van der Waals surface area (Å²) in [5.41, 5.74) is 1.53. The minimum absolute atomic E-state index is 0. The largest absolute Gasteiger partial charge is 0.269 e. The number of hydrogen-bond acceptors (Lipinski definition) is 0. The molecular formula is C10H16AlF. The number of rotatable bonds is 3. The van der Waals surface area contributed by atoms with Crippen molar-refractivity contribution in [2.24, 2.45) is 0 Å². The first kappa shape index (κ1) is 11.7. The molecule has 0 aromatic heterocycles. The van der Waals surface area contributed by atoms with Gasteiger partial charge in [-0.25, -0.2) is 0 Å². The van der Waals surface area contributed by atoms with Gasteiger partial charge in [0.25, 0.3) is 0 Å². The first-order chi connectivity index (χ1) is 5.34. The fraction of sp³-hybridized carbons (Fsp3) is 0.400. The summed E-state index contributed by atoms with van der Waals surface area (Å²) in [7, 11) is 0. The second kappa shape index (κ2) is 6.23. The van der Waals surface area contributed by atoms with E-state index in [4.69, 9.17) is 0 Å². The van der Waals surface area contributed by atoms with E-state index in [0.29, 0.717) is 0 Å². The van der Waals surface area contributed by atoms with Gasteiger partial charge < -0.3 is 0 Å². The summed E-state index contributed by atoms with van der Waals surface area (Å²) in [5, 5.41) is 0. The van der Waals surface area contributed by atoms with E-state index in [1.54, 1.807) is 0 Å².